The predicted molar refractivity (Wildman–Crippen MR) is 82.6 cm³/mol. The van der Waals surface area contributed by atoms with Crippen LogP contribution < -0.4 is 9.46 Å². The Morgan fingerprint density at radius 2 is 1.90 bits per heavy atom. The monoisotopic (exact) mass is 299 g/mol. The molecule has 20 heavy (non-hydrogen) atoms. The van der Waals surface area contributed by atoms with Gasteiger partial charge < -0.3 is 4.74 Å². The lowest BCUT2D eigenvalue weighted by atomic mass is 10.1. The van der Waals surface area contributed by atoms with Crippen molar-refractivity contribution in [2.75, 3.05) is 7.11 Å². The van der Waals surface area contributed by atoms with E-state index >= 15 is 0 Å². The van der Waals surface area contributed by atoms with Crippen LogP contribution in [0.2, 0.25) is 0 Å². The molecule has 0 heterocycles. The van der Waals surface area contributed by atoms with Gasteiger partial charge in [0.15, 0.2) is 0 Å². The molecule has 0 aliphatic rings. The van der Waals surface area contributed by atoms with E-state index in [4.69, 9.17) is 4.74 Å². The molecule has 0 saturated heterocycles. The van der Waals surface area contributed by atoms with Crippen molar-refractivity contribution in [3.63, 3.8) is 0 Å². The van der Waals surface area contributed by atoms with E-state index in [1.165, 1.54) is 6.08 Å². The number of benzene rings is 1. The van der Waals surface area contributed by atoms with Crippen LogP contribution in [0.1, 0.15) is 33.3 Å². The van der Waals surface area contributed by atoms with Crippen LogP contribution >= 0.6 is 0 Å². The first-order chi connectivity index (χ1) is 9.24. The molecule has 0 aromatic heterocycles. The third-order valence-corrected chi connectivity index (χ3v) is 4.35. The molecule has 1 aromatic rings. The second kappa shape index (κ2) is 6.99. The molecular weight excluding hydrogens is 277 g/mol. The summed E-state index contributed by atoms with van der Waals surface area (Å²) in [5, 5.41) is 0. The zero-order valence-corrected chi connectivity index (χ0v) is 13.4. The molecule has 1 aromatic carbocycles. The average molecular weight is 299 g/mol. The average Bonchev–Trinajstić information content (AvgIpc) is 2.38. The molecule has 0 saturated carbocycles. The Hall–Kier alpha value is -1.20. The quantitative estimate of drug-likeness (QED) is 0.904. The van der Waals surface area contributed by atoms with Gasteiger partial charge in [-0.05, 0) is 51.5 Å². The second-order valence-electron chi connectivity index (χ2n) is 5.52. The van der Waals surface area contributed by atoms with E-state index in [0.717, 1.165) is 11.3 Å². The van der Waals surface area contributed by atoms with Gasteiger partial charge in [-0.3, -0.25) is 0 Å². The minimum Gasteiger partial charge on any atom is -0.497 e. The van der Waals surface area contributed by atoms with E-state index in [2.05, 4.69) is 4.72 Å². The van der Waals surface area contributed by atoms with Crippen molar-refractivity contribution in [2.45, 2.75) is 38.5 Å². The highest BCUT2D eigenvalue weighted by Gasteiger charge is 2.22. The van der Waals surface area contributed by atoms with Crippen molar-refractivity contribution in [1.29, 1.82) is 0 Å². The Bertz CT molecular complexity index is 492. The Labute approximate surface area is 122 Å². The Morgan fingerprint density at radius 1 is 1.35 bits per heavy atom. The molecule has 0 radical (unpaired) electrons. The van der Waals surface area contributed by atoms with Gasteiger partial charge in [0.25, 0.3) is 0 Å². The topological polar surface area (TPSA) is 38.3 Å². The number of nitrogens with one attached hydrogen (secondary N) is 1. The lowest BCUT2D eigenvalue weighted by Gasteiger charge is -2.21. The summed E-state index contributed by atoms with van der Waals surface area (Å²) in [5.74, 6) is 0.371. The van der Waals surface area contributed by atoms with E-state index in [9.17, 15) is 8.60 Å². The molecule has 1 rings (SSSR count). The van der Waals surface area contributed by atoms with Gasteiger partial charge in [0, 0.05) is 0 Å². The summed E-state index contributed by atoms with van der Waals surface area (Å²) >= 11 is 0. The molecule has 112 valence electrons. The van der Waals surface area contributed by atoms with Crippen LogP contribution in [0.5, 0.6) is 5.75 Å². The normalized spacial score (nSPS) is 15.8. The molecule has 3 nitrogen and oxygen atoms in total. The highest BCUT2D eigenvalue weighted by Crippen LogP contribution is 2.17. The SMILES string of the molecule is COc1ccc(/C=C(\F)[C@H](C)NS(=O)C(C)(C)C)cc1. The van der Waals surface area contributed by atoms with Gasteiger partial charge in [0.2, 0.25) is 0 Å². The predicted octanol–water partition coefficient (Wildman–Crippen LogP) is 3.45. The van der Waals surface area contributed by atoms with Crippen LogP contribution in [-0.4, -0.2) is 22.1 Å². The molecule has 0 bridgehead atoms. The minimum absolute atomic E-state index is 0.354. The Balaban J connectivity index is 2.74. The molecule has 1 N–H and O–H groups in total. The number of ether oxygens (including phenoxy) is 1. The molecule has 1 unspecified atom stereocenters. The largest absolute Gasteiger partial charge is 0.497 e. The van der Waals surface area contributed by atoms with Gasteiger partial charge in [-0.25, -0.2) is 13.3 Å². The smallest absolute Gasteiger partial charge is 0.118 e. The second-order valence-corrected chi connectivity index (χ2v) is 7.52. The van der Waals surface area contributed by atoms with Crippen molar-refractivity contribution in [3.05, 3.63) is 35.7 Å². The van der Waals surface area contributed by atoms with Crippen LogP contribution in [0.25, 0.3) is 6.08 Å². The summed E-state index contributed by atoms with van der Waals surface area (Å²) in [7, 11) is 0.281. The molecule has 5 heteroatoms. The number of rotatable bonds is 5. The number of hydrogen-bond acceptors (Lipinski definition) is 2. The van der Waals surface area contributed by atoms with E-state index in [0.29, 0.717) is 0 Å². The van der Waals surface area contributed by atoms with Crippen molar-refractivity contribution in [3.8, 4) is 5.75 Å². The first-order valence-corrected chi connectivity index (χ1v) is 7.58. The number of methoxy groups -OCH3 is 1. The fraction of sp³-hybridized carbons (Fsp3) is 0.467. The van der Waals surface area contributed by atoms with Crippen LogP contribution in [0, 0.1) is 0 Å². The summed E-state index contributed by atoms with van der Waals surface area (Å²) in [6.45, 7) is 7.18. The van der Waals surface area contributed by atoms with Gasteiger partial charge in [-0.15, -0.1) is 0 Å². The molecule has 0 spiro atoms. The van der Waals surface area contributed by atoms with E-state index in [1.807, 2.05) is 20.8 Å². The number of halogens is 1. The maximum absolute atomic E-state index is 14.0. The molecule has 0 fully saturated rings. The van der Waals surface area contributed by atoms with Crippen molar-refractivity contribution in [2.24, 2.45) is 0 Å². The van der Waals surface area contributed by atoms with Crippen molar-refractivity contribution < 1.29 is 13.3 Å². The summed E-state index contributed by atoms with van der Waals surface area (Å²) in [4.78, 5) is 0. The Morgan fingerprint density at radius 3 is 2.35 bits per heavy atom. The van der Waals surface area contributed by atoms with Crippen LogP contribution in [0.15, 0.2) is 30.1 Å². The zero-order valence-electron chi connectivity index (χ0n) is 12.6. The van der Waals surface area contributed by atoms with Crippen LogP contribution in [-0.2, 0) is 11.0 Å². The summed E-state index contributed by atoms with van der Waals surface area (Å²) in [6, 6.07) is 6.48. The van der Waals surface area contributed by atoms with Crippen LogP contribution in [0.3, 0.4) is 0 Å². The van der Waals surface area contributed by atoms with Gasteiger partial charge in [-0.1, -0.05) is 12.1 Å². The van der Waals surface area contributed by atoms with Crippen molar-refractivity contribution >= 4 is 17.1 Å². The standard InChI is InChI=1S/C15H22FNO2S/c1-11(17-20(18)15(2,3)4)14(16)10-12-6-8-13(19-5)9-7-12/h6-11,17H,1-5H3/b14-10-/t11-,20?/m0/s1. The fourth-order valence-electron chi connectivity index (χ4n) is 1.38. The molecule has 2 atom stereocenters. The molecule has 0 aliphatic heterocycles. The van der Waals surface area contributed by atoms with E-state index < -0.39 is 21.8 Å². The highest BCUT2D eigenvalue weighted by atomic mass is 32.2. The lowest BCUT2D eigenvalue weighted by molar-refractivity contribution is 0.415. The number of hydrogen-bond donors (Lipinski definition) is 1. The maximum Gasteiger partial charge on any atom is 0.118 e. The fourth-order valence-corrected chi connectivity index (χ4v) is 2.17. The van der Waals surface area contributed by atoms with Gasteiger partial charge in [-0.2, -0.15) is 0 Å². The van der Waals surface area contributed by atoms with E-state index in [-0.39, 0.29) is 5.83 Å². The maximum atomic E-state index is 14.0. The Kier molecular flexibility index (Phi) is 5.89. The lowest BCUT2D eigenvalue weighted by Crippen LogP contribution is -2.38. The molecule has 0 amide bonds. The van der Waals surface area contributed by atoms with Crippen LogP contribution in [0.4, 0.5) is 4.39 Å². The van der Waals surface area contributed by atoms with E-state index in [1.54, 1.807) is 38.3 Å². The highest BCUT2D eigenvalue weighted by molar-refractivity contribution is 7.84. The minimum atomic E-state index is -1.30. The third kappa shape index (κ3) is 5.06. The van der Waals surface area contributed by atoms with Gasteiger partial charge >= 0.3 is 0 Å². The molecular formula is C15H22FNO2S. The van der Waals surface area contributed by atoms with Gasteiger partial charge in [0.05, 0.1) is 28.9 Å². The first kappa shape index (κ1) is 16.9. The zero-order chi connectivity index (χ0) is 15.3. The molecule has 0 aliphatic carbocycles. The van der Waals surface area contributed by atoms with Gasteiger partial charge in [0.1, 0.15) is 11.6 Å². The summed E-state index contributed by atoms with van der Waals surface area (Å²) in [5.41, 5.74) is 0.735. The first-order valence-electron chi connectivity index (χ1n) is 6.43. The van der Waals surface area contributed by atoms with Crippen molar-refractivity contribution in [1.82, 2.24) is 4.72 Å². The summed E-state index contributed by atoms with van der Waals surface area (Å²) < 4.78 is 33.3. The summed E-state index contributed by atoms with van der Waals surface area (Å²) in [6.07, 6.45) is 1.43. The third-order valence-electron chi connectivity index (χ3n) is 2.67.